The fraction of sp³-hybridized carbons (Fsp3) is 0.211. The van der Waals surface area contributed by atoms with E-state index < -0.39 is 0 Å². The highest BCUT2D eigenvalue weighted by Crippen LogP contribution is 2.27. The Kier molecular flexibility index (Phi) is 3.23. The highest BCUT2D eigenvalue weighted by molar-refractivity contribution is 5.90. The number of hydrogen-bond acceptors (Lipinski definition) is 3. The standard InChI is InChI=1S/C19H18N4O/c1-4-22-12(2)15-10-16-18(20-11-17(15)13(22)3)21-23(19(16)24)14-8-6-5-7-9-14/h5-11H,4H2,1-3H3. The molecule has 3 heterocycles. The number of aromatic nitrogens is 4. The Hall–Kier alpha value is -2.95. The van der Waals surface area contributed by atoms with E-state index in [9.17, 15) is 4.79 Å². The molecule has 1 aromatic carbocycles. The van der Waals surface area contributed by atoms with Gasteiger partial charge in [0.25, 0.3) is 5.56 Å². The predicted octanol–water partition coefficient (Wildman–Crippen LogP) is 3.32. The van der Waals surface area contributed by atoms with Crippen LogP contribution in [0.25, 0.3) is 27.8 Å². The Bertz CT molecular complexity index is 1080. The molecule has 5 nitrogen and oxygen atoms in total. The Morgan fingerprint density at radius 3 is 2.46 bits per heavy atom. The van der Waals surface area contributed by atoms with Crippen molar-refractivity contribution in [2.75, 3.05) is 0 Å². The Morgan fingerprint density at radius 1 is 1.04 bits per heavy atom. The van der Waals surface area contributed by atoms with Crippen LogP contribution in [-0.2, 0) is 6.54 Å². The van der Waals surface area contributed by atoms with Crippen LogP contribution >= 0.6 is 0 Å². The average Bonchev–Trinajstić information content (AvgIpc) is 2.93. The first kappa shape index (κ1) is 14.6. The molecule has 0 N–H and O–H groups in total. The zero-order chi connectivity index (χ0) is 16.8. The van der Waals surface area contributed by atoms with Gasteiger partial charge in [0.2, 0.25) is 0 Å². The number of fused-ring (bicyclic) bond motifs is 2. The molecule has 5 heteroatoms. The van der Waals surface area contributed by atoms with Gasteiger partial charge in [-0.2, -0.15) is 4.68 Å². The largest absolute Gasteiger partial charge is 0.348 e. The molecule has 0 saturated heterocycles. The van der Waals surface area contributed by atoms with Gasteiger partial charge in [-0.05, 0) is 39.0 Å². The van der Waals surface area contributed by atoms with Gasteiger partial charge >= 0.3 is 0 Å². The molecule has 0 radical (unpaired) electrons. The van der Waals surface area contributed by atoms with E-state index in [0.717, 1.165) is 28.7 Å². The van der Waals surface area contributed by atoms with Crippen molar-refractivity contribution < 1.29 is 0 Å². The van der Waals surface area contributed by atoms with Gasteiger partial charge in [0.1, 0.15) is 0 Å². The molecule has 120 valence electrons. The van der Waals surface area contributed by atoms with Gasteiger partial charge in [-0.15, -0.1) is 5.10 Å². The number of hydrogen-bond donors (Lipinski definition) is 0. The van der Waals surface area contributed by atoms with Crippen LogP contribution in [0.2, 0.25) is 0 Å². The van der Waals surface area contributed by atoms with Gasteiger partial charge in [-0.25, -0.2) is 4.98 Å². The van der Waals surface area contributed by atoms with E-state index in [4.69, 9.17) is 0 Å². The van der Waals surface area contributed by atoms with Crippen molar-refractivity contribution in [1.82, 2.24) is 19.3 Å². The lowest BCUT2D eigenvalue weighted by molar-refractivity contribution is 0.723. The molecule has 0 saturated carbocycles. The lowest BCUT2D eigenvalue weighted by Crippen LogP contribution is -2.14. The minimum absolute atomic E-state index is 0.137. The van der Waals surface area contributed by atoms with Crippen molar-refractivity contribution in [3.63, 3.8) is 0 Å². The van der Waals surface area contributed by atoms with Crippen molar-refractivity contribution >= 4 is 10.8 Å². The summed E-state index contributed by atoms with van der Waals surface area (Å²) in [6, 6.07) is 11.4. The molecule has 0 unspecified atom stereocenters. The van der Waals surface area contributed by atoms with E-state index >= 15 is 0 Å². The molecule has 24 heavy (non-hydrogen) atoms. The van der Waals surface area contributed by atoms with E-state index in [0.29, 0.717) is 11.4 Å². The molecule has 2 aliphatic rings. The SMILES string of the molecule is CCn1c(C)c2cnc3nn(-c4ccccc4)c(=O)c-3cc2c1C. The molecule has 2 aliphatic heterocycles. The second-order valence-corrected chi connectivity index (χ2v) is 5.93. The van der Waals surface area contributed by atoms with Crippen LogP contribution in [0.15, 0.2) is 47.4 Å². The molecule has 0 spiro atoms. The normalized spacial score (nSPS) is 11.5. The topological polar surface area (TPSA) is 52.7 Å². The van der Waals surface area contributed by atoms with Gasteiger partial charge in [0, 0.05) is 34.9 Å². The molecule has 0 atom stereocenters. The van der Waals surface area contributed by atoms with Crippen LogP contribution in [0.3, 0.4) is 0 Å². The zero-order valence-corrected chi connectivity index (χ0v) is 13.9. The van der Waals surface area contributed by atoms with Crippen molar-refractivity contribution in [3.05, 3.63) is 64.3 Å². The van der Waals surface area contributed by atoms with Crippen LogP contribution in [0.5, 0.6) is 0 Å². The molecular weight excluding hydrogens is 300 g/mol. The lowest BCUT2D eigenvalue weighted by Gasteiger charge is -2.03. The summed E-state index contributed by atoms with van der Waals surface area (Å²) < 4.78 is 3.66. The first-order valence-electron chi connectivity index (χ1n) is 8.05. The van der Waals surface area contributed by atoms with Gasteiger partial charge in [0.15, 0.2) is 5.82 Å². The smallest absolute Gasteiger partial charge is 0.282 e. The van der Waals surface area contributed by atoms with E-state index in [1.165, 1.54) is 10.4 Å². The predicted molar refractivity (Wildman–Crippen MR) is 94.9 cm³/mol. The number of para-hydroxylation sites is 1. The summed E-state index contributed by atoms with van der Waals surface area (Å²) in [6.45, 7) is 7.18. The van der Waals surface area contributed by atoms with Crippen LogP contribution in [-0.4, -0.2) is 19.3 Å². The Balaban J connectivity index is 2.06. The summed E-state index contributed by atoms with van der Waals surface area (Å²) in [7, 11) is 0. The van der Waals surface area contributed by atoms with E-state index in [2.05, 4.69) is 35.4 Å². The molecule has 1 aromatic heterocycles. The highest BCUT2D eigenvalue weighted by Gasteiger charge is 2.19. The third-order valence-corrected chi connectivity index (χ3v) is 4.66. The average molecular weight is 318 g/mol. The van der Waals surface area contributed by atoms with Crippen LogP contribution in [0.4, 0.5) is 0 Å². The van der Waals surface area contributed by atoms with E-state index in [1.54, 1.807) is 0 Å². The second kappa shape index (κ2) is 5.30. The van der Waals surface area contributed by atoms with Gasteiger partial charge in [-0.3, -0.25) is 4.79 Å². The third kappa shape index (κ3) is 1.98. The fourth-order valence-electron chi connectivity index (χ4n) is 3.39. The summed E-state index contributed by atoms with van der Waals surface area (Å²) >= 11 is 0. The maximum atomic E-state index is 12.8. The summed E-state index contributed by atoms with van der Waals surface area (Å²) in [6.07, 6.45) is 1.83. The molecule has 0 aliphatic carbocycles. The van der Waals surface area contributed by atoms with Gasteiger partial charge in [0.05, 0.1) is 11.3 Å². The first-order chi connectivity index (χ1) is 11.6. The molecular formula is C19H18N4O. The minimum Gasteiger partial charge on any atom is -0.348 e. The van der Waals surface area contributed by atoms with Crippen molar-refractivity contribution in [1.29, 1.82) is 0 Å². The highest BCUT2D eigenvalue weighted by atomic mass is 16.1. The minimum atomic E-state index is -0.137. The first-order valence-corrected chi connectivity index (χ1v) is 8.05. The molecule has 4 rings (SSSR count). The summed E-state index contributed by atoms with van der Waals surface area (Å²) in [5.41, 5.74) is 3.47. The number of rotatable bonds is 2. The molecule has 0 fully saturated rings. The molecule has 2 aromatic rings. The second-order valence-electron chi connectivity index (χ2n) is 5.93. The molecule has 0 bridgehead atoms. The Morgan fingerprint density at radius 2 is 1.75 bits per heavy atom. The lowest BCUT2D eigenvalue weighted by atomic mass is 10.2. The number of aryl methyl sites for hydroxylation is 2. The van der Waals surface area contributed by atoms with Gasteiger partial charge < -0.3 is 4.57 Å². The quantitative estimate of drug-likeness (QED) is 0.570. The van der Waals surface area contributed by atoms with Gasteiger partial charge in [-0.1, -0.05) is 18.2 Å². The van der Waals surface area contributed by atoms with E-state index in [1.807, 2.05) is 42.6 Å². The zero-order valence-electron chi connectivity index (χ0n) is 13.9. The van der Waals surface area contributed by atoms with Crippen LogP contribution in [0, 0.1) is 13.8 Å². The number of nitrogens with zero attached hydrogens (tertiary/aromatic N) is 4. The Labute approximate surface area is 139 Å². The monoisotopic (exact) mass is 318 g/mol. The van der Waals surface area contributed by atoms with Crippen molar-refractivity contribution in [3.8, 4) is 17.1 Å². The molecule has 0 amide bonds. The number of benzene rings is 1. The summed E-state index contributed by atoms with van der Waals surface area (Å²) in [5, 5.41) is 6.54. The fourth-order valence-corrected chi connectivity index (χ4v) is 3.39. The van der Waals surface area contributed by atoms with Crippen molar-refractivity contribution in [2.45, 2.75) is 27.3 Å². The maximum Gasteiger partial charge on any atom is 0.282 e. The maximum absolute atomic E-state index is 12.8. The summed E-state index contributed by atoms with van der Waals surface area (Å²) in [4.78, 5) is 17.3. The third-order valence-electron chi connectivity index (χ3n) is 4.66. The van der Waals surface area contributed by atoms with E-state index in [-0.39, 0.29) is 5.56 Å². The summed E-state index contributed by atoms with van der Waals surface area (Å²) in [5.74, 6) is 0.474. The van der Waals surface area contributed by atoms with Crippen LogP contribution in [0.1, 0.15) is 18.3 Å². The van der Waals surface area contributed by atoms with Crippen molar-refractivity contribution in [2.24, 2.45) is 0 Å². The van der Waals surface area contributed by atoms with Crippen LogP contribution < -0.4 is 5.56 Å².